The maximum atomic E-state index is 12.4. The molecule has 0 N–H and O–H groups in total. The van der Waals surface area contributed by atoms with Crippen LogP contribution >= 0.6 is 0 Å². The molecule has 5 nitrogen and oxygen atoms in total. The molecule has 108 valence electrons. The molecule has 3 fully saturated rings. The Labute approximate surface area is 115 Å². The molecule has 2 saturated heterocycles. The predicted molar refractivity (Wildman–Crippen MR) is 73.2 cm³/mol. The third-order valence-corrected chi connectivity index (χ3v) is 4.71. The van der Waals surface area contributed by atoms with Crippen molar-refractivity contribution in [3.63, 3.8) is 0 Å². The fraction of sp³-hybridized carbons (Fsp3) is 0.929. The Morgan fingerprint density at radius 1 is 0.842 bits per heavy atom. The summed E-state index contributed by atoms with van der Waals surface area (Å²) >= 11 is 0. The van der Waals surface area contributed by atoms with Gasteiger partial charge >= 0.3 is 6.03 Å². The van der Waals surface area contributed by atoms with E-state index < -0.39 is 0 Å². The summed E-state index contributed by atoms with van der Waals surface area (Å²) in [5.41, 5.74) is 0. The van der Waals surface area contributed by atoms with E-state index in [4.69, 9.17) is 4.74 Å². The number of urea groups is 1. The van der Waals surface area contributed by atoms with E-state index in [1.165, 1.54) is 25.7 Å². The number of morpholine rings is 1. The topological polar surface area (TPSA) is 36.0 Å². The second-order valence-corrected chi connectivity index (χ2v) is 5.84. The third kappa shape index (κ3) is 3.03. The van der Waals surface area contributed by atoms with Gasteiger partial charge in [0, 0.05) is 45.3 Å². The van der Waals surface area contributed by atoms with E-state index in [0.717, 1.165) is 45.3 Å². The van der Waals surface area contributed by atoms with E-state index in [2.05, 4.69) is 4.90 Å². The van der Waals surface area contributed by atoms with Crippen molar-refractivity contribution >= 4 is 6.03 Å². The minimum absolute atomic E-state index is 0.217. The average Bonchev–Trinajstić information content (AvgIpc) is 3.02. The highest BCUT2D eigenvalue weighted by Gasteiger charge is 2.30. The average molecular weight is 267 g/mol. The highest BCUT2D eigenvalue weighted by Crippen LogP contribution is 2.24. The van der Waals surface area contributed by atoms with Crippen LogP contribution in [0.15, 0.2) is 0 Å². The quantitative estimate of drug-likeness (QED) is 0.711. The first-order valence-corrected chi connectivity index (χ1v) is 7.70. The molecule has 0 aromatic heterocycles. The largest absolute Gasteiger partial charge is 0.378 e. The summed E-state index contributed by atoms with van der Waals surface area (Å²) in [5, 5.41) is 0. The van der Waals surface area contributed by atoms with Crippen molar-refractivity contribution in [2.45, 2.75) is 31.7 Å². The molecule has 0 atom stereocenters. The molecular formula is C14H25N3O2. The minimum atomic E-state index is 0.217. The Bertz CT molecular complexity index is 304. The first kappa shape index (κ1) is 13.2. The predicted octanol–water partition coefficient (Wildman–Crippen LogP) is 0.999. The zero-order chi connectivity index (χ0) is 13.1. The van der Waals surface area contributed by atoms with Crippen molar-refractivity contribution in [3.05, 3.63) is 0 Å². The number of ether oxygens (including phenoxy) is 1. The van der Waals surface area contributed by atoms with E-state index in [0.29, 0.717) is 13.2 Å². The van der Waals surface area contributed by atoms with Gasteiger partial charge in [-0.25, -0.2) is 4.79 Å². The summed E-state index contributed by atoms with van der Waals surface area (Å²) in [4.78, 5) is 18.9. The molecule has 0 spiro atoms. The molecule has 0 aromatic rings. The van der Waals surface area contributed by atoms with Crippen LogP contribution in [0.25, 0.3) is 0 Å². The molecule has 0 radical (unpaired) electrons. The second kappa shape index (κ2) is 6.09. The molecule has 19 heavy (non-hydrogen) atoms. The Morgan fingerprint density at radius 3 is 2.05 bits per heavy atom. The van der Waals surface area contributed by atoms with E-state index in [-0.39, 0.29) is 6.03 Å². The Balaban J connectivity index is 1.47. The first-order valence-electron chi connectivity index (χ1n) is 7.70. The summed E-state index contributed by atoms with van der Waals surface area (Å²) in [6, 6.07) is 1.01. The smallest absolute Gasteiger partial charge is 0.320 e. The Morgan fingerprint density at radius 2 is 1.42 bits per heavy atom. The highest BCUT2D eigenvalue weighted by molar-refractivity contribution is 5.74. The van der Waals surface area contributed by atoms with E-state index in [9.17, 15) is 4.79 Å². The molecule has 1 aliphatic carbocycles. The van der Waals surface area contributed by atoms with Gasteiger partial charge in [0.1, 0.15) is 0 Å². The number of carbonyl (C=O) groups is 1. The lowest BCUT2D eigenvalue weighted by molar-refractivity contribution is 0.0349. The fourth-order valence-corrected chi connectivity index (χ4v) is 3.50. The zero-order valence-corrected chi connectivity index (χ0v) is 11.7. The van der Waals surface area contributed by atoms with Crippen LogP contribution in [-0.2, 0) is 4.74 Å². The third-order valence-electron chi connectivity index (χ3n) is 4.71. The van der Waals surface area contributed by atoms with Crippen molar-refractivity contribution in [1.82, 2.24) is 14.7 Å². The van der Waals surface area contributed by atoms with Crippen LogP contribution in [0.4, 0.5) is 4.79 Å². The molecule has 2 amide bonds. The summed E-state index contributed by atoms with van der Waals surface area (Å²) in [6.45, 7) is 6.78. The normalized spacial score (nSPS) is 26.9. The van der Waals surface area contributed by atoms with Gasteiger partial charge in [-0.2, -0.15) is 0 Å². The van der Waals surface area contributed by atoms with Crippen LogP contribution in [0.2, 0.25) is 0 Å². The molecule has 0 bridgehead atoms. The number of carbonyl (C=O) groups excluding carboxylic acids is 1. The number of hydrogen-bond acceptors (Lipinski definition) is 3. The molecule has 3 aliphatic rings. The molecule has 2 heterocycles. The first-order chi connectivity index (χ1) is 9.34. The van der Waals surface area contributed by atoms with Crippen molar-refractivity contribution in [1.29, 1.82) is 0 Å². The SMILES string of the molecule is O=C(N1CCOCC1)N1CCN(C2CCCC2)CC1. The van der Waals surface area contributed by atoms with Gasteiger partial charge in [-0.05, 0) is 12.8 Å². The molecule has 2 aliphatic heterocycles. The van der Waals surface area contributed by atoms with Gasteiger partial charge < -0.3 is 14.5 Å². The van der Waals surface area contributed by atoms with Crippen molar-refractivity contribution in [2.75, 3.05) is 52.5 Å². The summed E-state index contributed by atoms with van der Waals surface area (Å²) in [5.74, 6) is 0. The van der Waals surface area contributed by atoms with Crippen LogP contribution in [-0.4, -0.2) is 79.3 Å². The van der Waals surface area contributed by atoms with E-state index in [1.807, 2.05) is 9.80 Å². The van der Waals surface area contributed by atoms with Gasteiger partial charge in [0.05, 0.1) is 13.2 Å². The summed E-state index contributed by atoms with van der Waals surface area (Å²) in [6.07, 6.45) is 5.49. The van der Waals surface area contributed by atoms with E-state index >= 15 is 0 Å². The number of rotatable bonds is 1. The second-order valence-electron chi connectivity index (χ2n) is 5.84. The molecule has 3 rings (SSSR count). The Hall–Kier alpha value is -0.810. The van der Waals surface area contributed by atoms with Gasteiger partial charge in [-0.3, -0.25) is 4.90 Å². The van der Waals surface area contributed by atoms with Crippen LogP contribution in [0.3, 0.4) is 0 Å². The minimum Gasteiger partial charge on any atom is -0.378 e. The van der Waals surface area contributed by atoms with Gasteiger partial charge in [0.25, 0.3) is 0 Å². The lowest BCUT2D eigenvalue weighted by atomic mass is 10.2. The van der Waals surface area contributed by atoms with Crippen LogP contribution < -0.4 is 0 Å². The number of piperazine rings is 1. The maximum Gasteiger partial charge on any atom is 0.320 e. The monoisotopic (exact) mass is 267 g/mol. The summed E-state index contributed by atoms with van der Waals surface area (Å²) < 4.78 is 5.30. The zero-order valence-electron chi connectivity index (χ0n) is 11.7. The number of nitrogens with zero attached hydrogens (tertiary/aromatic N) is 3. The number of amides is 2. The lowest BCUT2D eigenvalue weighted by Gasteiger charge is -2.40. The highest BCUT2D eigenvalue weighted by atomic mass is 16.5. The molecule has 1 saturated carbocycles. The van der Waals surface area contributed by atoms with Gasteiger partial charge in [-0.15, -0.1) is 0 Å². The molecule has 0 aromatic carbocycles. The summed E-state index contributed by atoms with van der Waals surface area (Å²) in [7, 11) is 0. The molecular weight excluding hydrogens is 242 g/mol. The van der Waals surface area contributed by atoms with Crippen LogP contribution in [0, 0.1) is 0 Å². The van der Waals surface area contributed by atoms with Crippen molar-refractivity contribution in [2.24, 2.45) is 0 Å². The van der Waals surface area contributed by atoms with Crippen molar-refractivity contribution in [3.8, 4) is 0 Å². The van der Waals surface area contributed by atoms with Crippen LogP contribution in [0.1, 0.15) is 25.7 Å². The van der Waals surface area contributed by atoms with Gasteiger partial charge in [0.15, 0.2) is 0 Å². The van der Waals surface area contributed by atoms with Gasteiger partial charge in [0.2, 0.25) is 0 Å². The fourth-order valence-electron chi connectivity index (χ4n) is 3.50. The van der Waals surface area contributed by atoms with Crippen LogP contribution in [0.5, 0.6) is 0 Å². The van der Waals surface area contributed by atoms with Crippen molar-refractivity contribution < 1.29 is 9.53 Å². The lowest BCUT2D eigenvalue weighted by Crippen LogP contribution is -2.56. The van der Waals surface area contributed by atoms with E-state index in [1.54, 1.807) is 0 Å². The number of hydrogen-bond donors (Lipinski definition) is 0. The maximum absolute atomic E-state index is 12.4. The Kier molecular flexibility index (Phi) is 4.23. The standard InChI is InChI=1S/C14H25N3O2/c18-14(17-9-11-19-12-10-17)16-7-5-15(6-8-16)13-3-1-2-4-13/h13H,1-12H2. The van der Waals surface area contributed by atoms with Gasteiger partial charge in [-0.1, -0.05) is 12.8 Å². The molecule has 5 heteroatoms. The molecule has 0 unspecified atom stereocenters.